The minimum atomic E-state index is -4.51. The summed E-state index contributed by atoms with van der Waals surface area (Å²) in [5, 5.41) is 7.00. The van der Waals surface area contributed by atoms with E-state index in [9.17, 15) is 26.7 Å². The molecule has 0 aliphatic heterocycles. The van der Waals surface area contributed by atoms with Gasteiger partial charge in [0.25, 0.3) is 0 Å². The van der Waals surface area contributed by atoms with Gasteiger partial charge >= 0.3 is 6.18 Å². The molecule has 4 rings (SSSR count). The van der Waals surface area contributed by atoms with Crippen molar-refractivity contribution in [3.8, 4) is 5.88 Å². The standard InChI is InChI=1S/C18H11F5N4O2/c19-11-4-10-8(6-24-13(10)5-12(11)20)3-14(28)16-9-1-2-15(25-17(9)27-26-16)29-7-18(21,22)23/h1-2,4-6,24H,3,7H2,(H,25,26,27). The number of halogens is 5. The van der Waals surface area contributed by atoms with Gasteiger partial charge in [-0.2, -0.15) is 23.3 Å². The Morgan fingerprint density at radius 1 is 1.10 bits per heavy atom. The van der Waals surface area contributed by atoms with E-state index in [0.29, 0.717) is 21.9 Å². The predicted molar refractivity (Wildman–Crippen MR) is 91.7 cm³/mol. The lowest BCUT2D eigenvalue weighted by Gasteiger charge is -2.07. The van der Waals surface area contributed by atoms with E-state index < -0.39 is 30.2 Å². The van der Waals surface area contributed by atoms with Gasteiger partial charge in [0.2, 0.25) is 5.88 Å². The molecular formula is C18H11F5N4O2. The third-order valence-corrected chi connectivity index (χ3v) is 4.21. The smallest absolute Gasteiger partial charge is 0.422 e. The van der Waals surface area contributed by atoms with Gasteiger partial charge in [-0.3, -0.25) is 9.89 Å². The summed E-state index contributed by atoms with van der Waals surface area (Å²) in [6.07, 6.45) is -3.18. The maximum Gasteiger partial charge on any atom is 0.422 e. The van der Waals surface area contributed by atoms with Crippen LogP contribution in [-0.2, 0) is 6.42 Å². The van der Waals surface area contributed by atoms with Crippen LogP contribution in [0.4, 0.5) is 22.0 Å². The number of carbonyl (C=O) groups is 1. The van der Waals surface area contributed by atoms with Crippen LogP contribution in [-0.4, -0.2) is 38.7 Å². The Morgan fingerprint density at radius 3 is 2.62 bits per heavy atom. The summed E-state index contributed by atoms with van der Waals surface area (Å²) in [6, 6.07) is 4.57. The Morgan fingerprint density at radius 2 is 1.86 bits per heavy atom. The number of pyridine rings is 1. The number of ketones is 1. The van der Waals surface area contributed by atoms with E-state index in [0.717, 1.165) is 12.1 Å². The highest BCUT2D eigenvalue weighted by Crippen LogP contribution is 2.25. The molecule has 0 amide bonds. The number of Topliss-reactive ketones (excluding diaryl/α,β-unsaturated/α-hetero) is 1. The molecule has 0 atom stereocenters. The van der Waals surface area contributed by atoms with Crippen molar-refractivity contribution in [1.29, 1.82) is 0 Å². The second-order valence-corrected chi connectivity index (χ2v) is 6.25. The molecule has 0 aliphatic rings. The first-order chi connectivity index (χ1) is 13.7. The number of benzene rings is 1. The minimum Gasteiger partial charge on any atom is -0.468 e. The zero-order valence-corrected chi connectivity index (χ0v) is 14.4. The van der Waals surface area contributed by atoms with Crippen molar-refractivity contribution in [2.75, 3.05) is 6.61 Å². The monoisotopic (exact) mass is 410 g/mol. The normalized spacial score (nSPS) is 12.0. The van der Waals surface area contributed by atoms with Crippen molar-refractivity contribution in [2.24, 2.45) is 0 Å². The van der Waals surface area contributed by atoms with Crippen molar-refractivity contribution < 1.29 is 31.5 Å². The number of alkyl halides is 3. The molecule has 0 radical (unpaired) electrons. The lowest BCUT2D eigenvalue weighted by atomic mass is 10.0. The molecule has 6 nitrogen and oxygen atoms in total. The molecule has 0 fully saturated rings. The molecule has 11 heteroatoms. The summed E-state index contributed by atoms with van der Waals surface area (Å²) in [5.41, 5.74) is 0.894. The number of nitrogens with one attached hydrogen (secondary N) is 2. The summed E-state index contributed by atoms with van der Waals surface area (Å²) >= 11 is 0. The number of aromatic nitrogens is 4. The van der Waals surface area contributed by atoms with E-state index >= 15 is 0 Å². The fraction of sp³-hybridized carbons (Fsp3) is 0.167. The topological polar surface area (TPSA) is 83.7 Å². The lowest BCUT2D eigenvalue weighted by molar-refractivity contribution is -0.154. The molecule has 0 aliphatic carbocycles. The molecule has 29 heavy (non-hydrogen) atoms. The fourth-order valence-corrected chi connectivity index (χ4v) is 2.91. The average molecular weight is 410 g/mol. The van der Waals surface area contributed by atoms with E-state index in [1.54, 1.807) is 0 Å². The molecular weight excluding hydrogens is 399 g/mol. The number of hydrogen-bond donors (Lipinski definition) is 2. The number of aromatic amines is 2. The van der Waals surface area contributed by atoms with Crippen LogP contribution < -0.4 is 4.74 Å². The summed E-state index contributed by atoms with van der Waals surface area (Å²) in [6.45, 7) is -1.50. The van der Waals surface area contributed by atoms with Gasteiger partial charge in [-0.05, 0) is 17.7 Å². The Hall–Kier alpha value is -3.50. The van der Waals surface area contributed by atoms with Crippen molar-refractivity contribution in [1.82, 2.24) is 20.2 Å². The van der Waals surface area contributed by atoms with Crippen molar-refractivity contribution >= 4 is 27.7 Å². The highest BCUT2D eigenvalue weighted by molar-refractivity contribution is 6.07. The van der Waals surface area contributed by atoms with E-state index in [-0.39, 0.29) is 23.6 Å². The molecule has 0 unspecified atom stereocenters. The Bertz CT molecular complexity index is 1230. The average Bonchev–Trinajstić information content (AvgIpc) is 3.24. The molecule has 0 spiro atoms. The number of fused-ring (bicyclic) bond motifs is 2. The molecule has 0 bridgehead atoms. The predicted octanol–water partition coefficient (Wildman–Crippen LogP) is 4.08. The SMILES string of the molecule is O=C(Cc1c[nH]c2cc(F)c(F)cc12)c1[nH]nc2nc(OCC(F)(F)F)ccc12. The number of nitrogens with zero attached hydrogens (tertiary/aromatic N) is 2. The lowest BCUT2D eigenvalue weighted by Crippen LogP contribution is -2.19. The first kappa shape index (κ1) is 18.8. The third-order valence-electron chi connectivity index (χ3n) is 4.21. The van der Waals surface area contributed by atoms with E-state index in [2.05, 4.69) is 24.9 Å². The summed E-state index contributed by atoms with van der Waals surface area (Å²) in [5.74, 6) is -2.74. The minimum absolute atomic E-state index is 0.0140. The zero-order valence-electron chi connectivity index (χ0n) is 14.4. The maximum absolute atomic E-state index is 13.5. The van der Waals surface area contributed by atoms with E-state index in [1.807, 2.05) is 0 Å². The van der Waals surface area contributed by atoms with Gasteiger partial charge in [-0.1, -0.05) is 0 Å². The van der Waals surface area contributed by atoms with Gasteiger partial charge in [0.15, 0.2) is 29.7 Å². The number of hydrogen-bond acceptors (Lipinski definition) is 4. The van der Waals surface area contributed by atoms with Gasteiger partial charge < -0.3 is 9.72 Å². The largest absolute Gasteiger partial charge is 0.468 e. The second kappa shape index (κ2) is 6.83. The van der Waals surface area contributed by atoms with Gasteiger partial charge in [-0.25, -0.2) is 8.78 Å². The van der Waals surface area contributed by atoms with Gasteiger partial charge in [-0.15, -0.1) is 0 Å². The van der Waals surface area contributed by atoms with Crippen molar-refractivity contribution in [3.63, 3.8) is 0 Å². The van der Waals surface area contributed by atoms with Gasteiger partial charge in [0.05, 0.1) is 5.39 Å². The van der Waals surface area contributed by atoms with Crippen molar-refractivity contribution in [2.45, 2.75) is 12.6 Å². The molecule has 0 saturated carbocycles. The number of H-pyrrole nitrogens is 2. The van der Waals surface area contributed by atoms with Crippen LogP contribution >= 0.6 is 0 Å². The Labute approximate surface area is 158 Å². The van der Waals surface area contributed by atoms with Crippen LogP contribution in [0.25, 0.3) is 21.9 Å². The maximum atomic E-state index is 13.5. The number of rotatable bonds is 5. The first-order valence-electron chi connectivity index (χ1n) is 8.24. The van der Waals surface area contributed by atoms with Crippen LogP contribution in [0, 0.1) is 11.6 Å². The van der Waals surface area contributed by atoms with E-state index in [1.165, 1.54) is 18.3 Å². The summed E-state index contributed by atoms with van der Waals surface area (Å²) in [4.78, 5) is 19.3. The van der Waals surface area contributed by atoms with Gasteiger partial charge in [0, 0.05) is 35.7 Å². The Kier molecular flexibility index (Phi) is 4.44. The highest BCUT2D eigenvalue weighted by Gasteiger charge is 2.29. The highest BCUT2D eigenvalue weighted by atomic mass is 19.4. The van der Waals surface area contributed by atoms with Crippen LogP contribution in [0.1, 0.15) is 16.1 Å². The molecule has 4 aromatic rings. The number of ether oxygens (including phenoxy) is 1. The molecule has 1 aromatic carbocycles. The van der Waals surface area contributed by atoms with Crippen LogP contribution in [0.2, 0.25) is 0 Å². The second-order valence-electron chi connectivity index (χ2n) is 6.25. The van der Waals surface area contributed by atoms with Crippen LogP contribution in [0.15, 0.2) is 30.5 Å². The quantitative estimate of drug-likeness (QED) is 0.384. The Balaban J connectivity index is 1.58. The first-order valence-corrected chi connectivity index (χ1v) is 8.24. The zero-order chi connectivity index (χ0) is 20.8. The molecule has 3 aromatic heterocycles. The summed E-state index contributed by atoms with van der Waals surface area (Å²) in [7, 11) is 0. The number of carbonyl (C=O) groups excluding carboxylic acids is 1. The fourth-order valence-electron chi connectivity index (χ4n) is 2.91. The van der Waals surface area contributed by atoms with Gasteiger partial charge in [0.1, 0.15) is 5.69 Å². The third kappa shape index (κ3) is 3.75. The summed E-state index contributed by atoms with van der Waals surface area (Å²) < 4.78 is 68.1. The van der Waals surface area contributed by atoms with Crippen LogP contribution in [0.5, 0.6) is 5.88 Å². The van der Waals surface area contributed by atoms with Crippen molar-refractivity contribution in [3.05, 3.63) is 53.4 Å². The van der Waals surface area contributed by atoms with Crippen LogP contribution in [0.3, 0.4) is 0 Å². The molecule has 150 valence electrons. The molecule has 0 saturated heterocycles. The molecule has 3 heterocycles. The molecule has 2 N–H and O–H groups in total. The van der Waals surface area contributed by atoms with E-state index in [4.69, 9.17) is 0 Å².